The molecule has 0 aliphatic heterocycles. The molecule has 0 amide bonds. The van der Waals surface area contributed by atoms with Gasteiger partial charge in [0, 0.05) is 0 Å². The standard InChI is InChI=1S/C8H8N2S/c1-6-2-3-8-7(4-6)9-5-10(8)11/h2-5,11H,1H3. The molecule has 1 aromatic carbocycles. The number of nitrogens with zero attached hydrogens (tertiary/aromatic N) is 2. The Balaban J connectivity index is 2.86. The van der Waals surface area contributed by atoms with Crippen molar-refractivity contribution in [1.29, 1.82) is 0 Å². The lowest BCUT2D eigenvalue weighted by molar-refractivity contribution is 1.28. The number of aromatic nitrogens is 2. The maximum atomic E-state index is 4.19. The van der Waals surface area contributed by atoms with E-state index in [1.54, 1.807) is 10.3 Å². The van der Waals surface area contributed by atoms with Gasteiger partial charge in [-0.1, -0.05) is 18.9 Å². The van der Waals surface area contributed by atoms with E-state index in [2.05, 4.69) is 30.8 Å². The Morgan fingerprint density at radius 3 is 3.09 bits per heavy atom. The maximum absolute atomic E-state index is 4.19. The van der Waals surface area contributed by atoms with E-state index in [1.165, 1.54) is 5.56 Å². The first-order valence-electron chi connectivity index (χ1n) is 3.40. The van der Waals surface area contributed by atoms with Crippen molar-refractivity contribution in [2.24, 2.45) is 0 Å². The Hall–Kier alpha value is -0.960. The van der Waals surface area contributed by atoms with Gasteiger partial charge in [0.05, 0.1) is 11.0 Å². The first kappa shape index (κ1) is 6.73. The van der Waals surface area contributed by atoms with Crippen molar-refractivity contribution in [2.75, 3.05) is 0 Å². The summed E-state index contributed by atoms with van der Waals surface area (Å²) in [5, 5.41) is 0. The molecule has 0 unspecified atom stereocenters. The van der Waals surface area contributed by atoms with Crippen LogP contribution in [0.3, 0.4) is 0 Å². The zero-order valence-corrected chi connectivity index (χ0v) is 7.05. The molecule has 2 rings (SSSR count). The van der Waals surface area contributed by atoms with Crippen molar-refractivity contribution in [3.63, 3.8) is 0 Å². The molecule has 2 nitrogen and oxygen atoms in total. The van der Waals surface area contributed by atoms with Gasteiger partial charge in [-0.15, -0.1) is 0 Å². The summed E-state index contributed by atoms with van der Waals surface area (Å²) in [6.45, 7) is 2.05. The lowest BCUT2D eigenvalue weighted by Gasteiger charge is -1.92. The lowest BCUT2D eigenvalue weighted by atomic mass is 10.2. The number of benzene rings is 1. The van der Waals surface area contributed by atoms with Crippen LogP contribution in [0.5, 0.6) is 0 Å². The summed E-state index contributed by atoms with van der Waals surface area (Å²) in [5.41, 5.74) is 3.28. The van der Waals surface area contributed by atoms with Crippen LogP contribution in [0.25, 0.3) is 11.0 Å². The molecule has 56 valence electrons. The van der Waals surface area contributed by atoms with Gasteiger partial charge in [0.15, 0.2) is 0 Å². The monoisotopic (exact) mass is 164 g/mol. The Morgan fingerprint density at radius 2 is 2.27 bits per heavy atom. The van der Waals surface area contributed by atoms with Gasteiger partial charge in [0.25, 0.3) is 0 Å². The van der Waals surface area contributed by atoms with Gasteiger partial charge in [-0.05, 0) is 24.6 Å². The van der Waals surface area contributed by atoms with Crippen molar-refractivity contribution in [1.82, 2.24) is 8.96 Å². The molecule has 0 aliphatic rings. The van der Waals surface area contributed by atoms with Crippen molar-refractivity contribution < 1.29 is 0 Å². The SMILES string of the molecule is Cc1ccc2c(c1)ncn2S. The first-order chi connectivity index (χ1) is 5.27. The summed E-state index contributed by atoms with van der Waals surface area (Å²) in [6.07, 6.45) is 1.70. The second-order valence-electron chi connectivity index (χ2n) is 2.58. The molecule has 3 heteroatoms. The summed E-state index contributed by atoms with van der Waals surface area (Å²) in [6, 6.07) is 6.11. The lowest BCUT2D eigenvalue weighted by Crippen LogP contribution is -1.76. The Labute approximate surface area is 70.4 Å². The Bertz CT molecular complexity index is 392. The van der Waals surface area contributed by atoms with E-state index >= 15 is 0 Å². The third-order valence-electron chi connectivity index (χ3n) is 1.68. The number of thiol groups is 1. The van der Waals surface area contributed by atoms with Gasteiger partial charge in [0.2, 0.25) is 0 Å². The fraction of sp³-hybridized carbons (Fsp3) is 0.125. The summed E-state index contributed by atoms with van der Waals surface area (Å²) < 4.78 is 1.72. The zero-order chi connectivity index (χ0) is 7.84. The van der Waals surface area contributed by atoms with Crippen LogP contribution in [0.2, 0.25) is 0 Å². The molecule has 2 aromatic rings. The van der Waals surface area contributed by atoms with Crippen LogP contribution in [0.1, 0.15) is 5.56 Å². The van der Waals surface area contributed by atoms with Crippen molar-refractivity contribution in [2.45, 2.75) is 6.92 Å². The molecule has 0 atom stereocenters. The fourth-order valence-corrected chi connectivity index (χ4v) is 1.33. The first-order valence-corrected chi connectivity index (χ1v) is 3.80. The average Bonchev–Trinajstić information content (AvgIpc) is 2.32. The van der Waals surface area contributed by atoms with E-state index in [4.69, 9.17) is 0 Å². The molecule has 0 spiro atoms. The van der Waals surface area contributed by atoms with Gasteiger partial charge < -0.3 is 0 Å². The second-order valence-corrected chi connectivity index (χ2v) is 3.01. The van der Waals surface area contributed by atoms with E-state index in [-0.39, 0.29) is 0 Å². The van der Waals surface area contributed by atoms with Crippen LogP contribution in [0.15, 0.2) is 24.5 Å². The Morgan fingerprint density at radius 1 is 1.45 bits per heavy atom. The summed E-state index contributed by atoms with van der Waals surface area (Å²) >= 11 is 4.19. The fourth-order valence-electron chi connectivity index (χ4n) is 1.11. The van der Waals surface area contributed by atoms with Gasteiger partial charge in [0.1, 0.15) is 6.33 Å². The highest BCUT2D eigenvalue weighted by Gasteiger charge is 1.97. The molecule has 0 saturated heterocycles. The highest BCUT2D eigenvalue weighted by Crippen LogP contribution is 2.14. The Kier molecular flexibility index (Phi) is 1.39. The number of hydrogen-bond acceptors (Lipinski definition) is 2. The third kappa shape index (κ3) is 1.01. The van der Waals surface area contributed by atoms with Gasteiger partial charge >= 0.3 is 0 Å². The minimum Gasteiger partial charge on any atom is -0.275 e. The molecular formula is C8H8N2S. The minimum atomic E-state index is 1.00. The van der Waals surface area contributed by atoms with E-state index in [1.807, 2.05) is 12.1 Å². The van der Waals surface area contributed by atoms with Crippen LogP contribution < -0.4 is 0 Å². The van der Waals surface area contributed by atoms with Gasteiger partial charge in [-0.2, -0.15) is 0 Å². The van der Waals surface area contributed by atoms with Crippen molar-refractivity contribution in [3.8, 4) is 0 Å². The number of aryl methyl sites for hydroxylation is 1. The number of imidazole rings is 1. The molecule has 0 fully saturated rings. The van der Waals surface area contributed by atoms with Crippen LogP contribution in [-0.2, 0) is 0 Å². The third-order valence-corrected chi connectivity index (χ3v) is 2.00. The molecule has 0 bridgehead atoms. The summed E-state index contributed by atoms with van der Waals surface area (Å²) in [4.78, 5) is 4.17. The van der Waals surface area contributed by atoms with E-state index in [0.717, 1.165) is 11.0 Å². The quantitative estimate of drug-likeness (QED) is 0.590. The number of hydrogen-bond donors (Lipinski definition) is 1. The maximum Gasteiger partial charge on any atom is 0.106 e. The summed E-state index contributed by atoms with van der Waals surface area (Å²) in [5.74, 6) is 0. The van der Waals surface area contributed by atoms with Crippen LogP contribution in [0.4, 0.5) is 0 Å². The molecule has 0 aliphatic carbocycles. The van der Waals surface area contributed by atoms with Crippen molar-refractivity contribution >= 4 is 23.8 Å². The second kappa shape index (κ2) is 2.27. The smallest absolute Gasteiger partial charge is 0.106 e. The number of fused-ring (bicyclic) bond motifs is 1. The van der Waals surface area contributed by atoms with E-state index in [0.29, 0.717) is 0 Å². The van der Waals surface area contributed by atoms with E-state index < -0.39 is 0 Å². The van der Waals surface area contributed by atoms with Gasteiger partial charge in [-0.3, -0.25) is 3.97 Å². The highest BCUT2D eigenvalue weighted by molar-refractivity contribution is 7.78. The van der Waals surface area contributed by atoms with Crippen LogP contribution >= 0.6 is 12.8 Å². The minimum absolute atomic E-state index is 1.00. The molecular weight excluding hydrogens is 156 g/mol. The molecule has 1 aromatic heterocycles. The normalized spacial score (nSPS) is 10.7. The van der Waals surface area contributed by atoms with Crippen LogP contribution in [0, 0.1) is 6.92 Å². The zero-order valence-electron chi connectivity index (χ0n) is 6.15. The topological polar surface area (TPSA) is 17.8 Å². The molecule has 0 radical (unpaired) electrons. The average molecular weight is 164 g/mol. The molecule has 0 N–H and O–H groups in total. The molecule has 1 heterocycles. The molecule has 0 saturated carbocycles. The highest BCUT2D eigenvalue weighted by atomic mass is 32.1. The van der Waals surface area contributed by atoms with Gasteiger partial charge in [-0.25, -0.2) is 4.98 Å². The largest absolute Gasteiger partial charge is 0.275 e. The van der Waals surface area contributed by atoms with Crippen molar-refractivity contribution in [3.05, 3.63) is 30.1 Å². The summed E-state index contributed by atoms with van der Waals surface area (Å²) in [7, 11) is 0. The van der Waals surface area contributed by atoms with Crippen LogP contribution in [-0.4, -0.2) is 8.96 Å². The predicted molar refractivity (Wildman–Crippen MR) is 48.9 cm³/mol. The number of rotatable bonds is 0. The van der Waals surface area contributed by atoms with E-state index in [9.17, 15) is 0 Å². The predicted octanol–water partition coefficient (Wildman–Crippen LogP) is 2.04. The molecule has 11 heavy (non-hydrogen) atoms.